The van der Waals surface area contributed by atoms with Crippen LogP contribution in [0.25, 0.3) is 0 Å². The van der Waals surface area contributed by atoms with Gasteiger partial charge < -0.3 is 4.90 Å². The van der Waals surface area contributed by atoms with Crippen LogP contribution in [0.5, 0.6) is 0 Å². The zero-order valence-corrected chi connectivity index (χ0v) is 11.8. The lowest BCUT2D eigenvalue weighted by Gasteiger charge is -2.23. The summed E-state index contributed by atoms with van der Waals surface area (Å²) in [7, 11) is 2.12. The van der Waals surface area contributed by atoms with Gasteiger partial charge in [-0.05, 0) is 25.5 Å². The van der Waals surface area contributed by atoms with E-state index in [1.165, 1.54) is 18.6 Å². The van der Waals surface area contributed by atoms with Gasteiger partial charge in [-0.15, -0.1) is 0 Å². The van der Waals surface area contributed by atoms with Gasteiger partial charge in [0.2, 0.25) is 5.13 Å². The zero-order valence-electron chi connectivity index (χ0n) is 10.1. The quantitative estimate of drug-likeness (QED) is 0.783. The van der Waals surface area contributed by atoms with Crippen molar-refractivity contribution in [1.29, 1.82) is 0 Å². The maximum atomic E-state index is 4.63. The van der Waals surface area contributed by atoms with Crippen LogP contribution in [0.3, 0.4) is 0 Å². The lowest BCUT2D eigenvalue weighted by atomic mass is 10.4. The molecule has 2 rings (SSSR count). The summed E-state index contributed by atoms with van der Waals surface area (Å²) in [4.78, 5) is 6.88. The minimum atomic E-state index is 0.532. The molecule has 1 aromatic rings. The van der Waals surface area contributed by atoms with Crippen molar-refractivity contribution in [2.24, 2.45) is 0 Å². The third-order valence-electron chi connectivity index (χ3n) is 2.90. The second-order valence-electron chi connectivity index (χ2n) is 4.33. The van der Waals surface area contributed by atoms with Crippen LogP contribution in [0.2, 0.25) is 0 Å². The topological polar surface area (TPSA) is 29.0 Å². The minimum Gasteiger partial charge on any atom is -0.346 e. The summed E-state index contributed by atoms with van der Waals surface area (Å²) in [5.74, 6) is 4.08. The van der Waals surface area contributed by atoms with Crippen LogP contribution >= 0.6 is 23.3 Å². The van der Waals surface area contributed by atoms with E-state index in [4.69, 9.17) is 0 Å². The third-order valence-corrected chi connectivity index (χ3v) is 4.85. The largest absolute Gasteiger partial charge is 0.346 e. The lowest BCUT2D eigenvalue weighted by molar-refractivity contribution is 0.758. The van der Waals surface area contributed by atoms with Crippen molar-refractivity contribution in [2.75, 3.05) is 23.5 Å². The number of hydrogen-bond donors (Lipinski definition) is 0. The summed E-state index contributed by atoms with van der Waals surface area (Å²) < 4.78 is 4.44. The van der Waals surface area contributed by atoms with Crippen LogP contribution in [-0.4, -0.2) is 34.0 Å². The van der Waals surface area contributed by atoms with Gasteiger partial charge in [-0.1, -0.05) is 6.92 Å². The Balaban J connectivity index is 1.93. The second kappa shape index (κ2) is 5.36. The standard InChI is InChI=1S/C11H19N3S2/c1-4-15-7-8(2)14(3)11-12-10(13-16-11)9-5-6-9/h8-9H,4-7H2,1-3H3/t8-/m0/s1. The first-order chi connectivity index (χ1) is 7.72. The molecule has 1 aliphatic carbocycles. The molecule has 90 valence electrons. The van der Waals surface area contributed by atoms with Crippen molar-refractivity contribution >= 4 is 28.4 Å². The maximum absolute atomic E-state index is 4.63. The van der Waals surface area contributed by atoms with Gasteiger partial charge in [-0.25, -0.2) is 4.98 Å². The molecule has 0 spiro atoms. The highest BCUT2D eigenvalue weighted by atomic mass is 32.2. The van der Waals surface area contributed by atoms with Gasteiger partial charge in [-0.2, -0.15) is 16.1 Å². The number of anilines is 1. The summed E-state index contributed by atoms with van der Waals surface area (Å²) >= 11 is 3.52. The van der Waals surface area contributed by atoms with Gasteiger partial charge >= 0.3 is 0 Å². The van der Waals surface area contributed by atoms with Gasteiger partial charge in [0.25, 0.3) is 0 Å². The summed E-state index contributed by atoms with van der Waals surface area (Å²) in [6, 6.07) is 0.532. The Hall–Kier alpha value is -0.290. The Morgan fingerprint density at radius 3 is 2.94 bits per heavy atom. The number of hydrogen-bond acceptors (Lipinski definition) is 5. The highest BCUT2D eigenvalue weighted by Crippen LogP contribution is 2.39. The molecular weight excluding hydrogens is 238 g/mol. The van der Waals surface area contributed by atoms with Gasteiger partial charge in [0.15, 0.2) is 0 Å². The molecule has 1 aromatic heterocycles. The number of aromatic nitrogens is 2. The van der Waals surface area contributed by atoms with Gasteiger partial charge in [-0.3, -0.25) is 0 Å². The van der Waals surface area contributed by atoms with Crippen LogP contribution in [0, 0.1) is 0 Å². The zero-order chi connectivity index (χ0) is 11.5. The van der Waals surface area contributed by atoms with E-state index in [-0.39, 0.29) is 0 Å². The van der Waals surface area contributed by atoms with E-state index in [0.717, 1.165) is 16.7 Å². The highest BCUT2D eigenvalue weighted by Gasteiger charge is 2.28. The number of thioether (sulfide) groups is 1. The smallest absolute Gasteiger partial charge is 0.205 e. The van der Waals surface area contributed by atoms with Crippen LogP contribution in [0.1, 0.15) is 38.4 Å². The molecule has 1 fully saturated rings. The Labute approximate surface area is 106 Å². The fourth-order valence-electron chi connectivity index (χ4n) is 1.47. The molecular formula is C11H19N3S2. The van der Waals surface area contributed by atoms with E-state index in [9.17, 15) is 0 Å². The van der Waals surface area contributed by atoms with E-state index in [1.807, 2.05) is 11.8 Å². The molecule has 0 N–H and O–H groups in total. The fourth-order valence-corrected chi connectivity index (χ4v) is 3.07. The minimum absolute atomic E-state index is 0.532. The van der Waals surface area contributed by atoms with Crippen molar-refractivity contribution in [3.63, 3.8) is 0 Å². The van der Waals surface area contributed by atoms with Crippen molar-refractivity contribution in [3.8, 4) is 0 Å². The van der Waals surface area contributed by atoms with E-state index >= 15 is 0 Å². The first kappa shape index (κ1) is 12.2. The Morgan fingerprint density at radius 1 is 1.56 bits per heavy atom. The second-order valence-corrected chi connectivity index (χ2v) is 6.38. The highest BCUT2D eigenvalue weighted by molar-refractivity contribution is 7.99. The van der Waals surface area contributed by atoms with Crippen LogP contribution in [-0.2, 0) is 0 Å². The summed E-state index contributed by atoms with van der Waals surface area (Å²) in [6.07, 6.45) is 2.56. The molecule has 0 amide bonds. The van der Waals surface area contributed by atoms with E-state index < -0.39 is 0 Å². The molecule has 16 heavy (non-hydrogen) atoms. The van der Waals surface area contributed by atoms with E-state index in [0.29, 0.717) is 12.0 Å². The fraction of sp³-hybridized carbons (Fsp3) is 0.818. The van der Waals surface area contributed by atoms with Crippen LogP contribution in [0.15, 0.2) is 0 Å². The molecule has 5 heteroatoms. The van der Waals surface area contributed by atoms with E-state index in [2.05, 4.69) is 35.2 Å². The van der Waals surface area contributed by atoms with Gasteiger partial charge in [0.05, 0.1) is 0 Å². The predicted molar refractivity (Wildman–Crippen MR) is 72.7 cm³/mol. The van der Waals surface area contributed by atoms with Crippen molar-refractivity contribution in [2.45, 2.75) is 38.6 Å². The normalized spacial score (nSPS) is 17.4. The molecule has 0 aromatic carbocycles. The molecule has 3 nitrogen and oxygen atoms in total. The molecule has 0 aliphatic heterocycles. The Bertz CT molecular complexity index is 336. The Kier molecular flexibility index (Phi) is 4.08. The monoisotopic (exact) mass is 257 g/mol. The molecule has 1 saturated carbocycles. The molecule has 1 aliphatic rings. The van der Waals surface area contributed by atoms with Gasteiger partial charge in [0, 0.05) is 36.3 Å². The average Bonchev–Trinajstić information content (AvgIpc) is 3.03. The van der Waals surface area contributed by atoms with Crippen LogP contribution < -0.4 is 4.90 Å². The molecule has 0 saturated heterocycles. The summed E-state index contributed by atoms with van der Waals surface area (Å²) in [5.41, 5.74) is 0. The average molecular weight is 257 g/mol. The molecule has 1 atom stereocenters. The third kappa shape index (κ3) is 2.88. The number of rotatable bonds is 6. The summed E-state index contributed by atoms with van der Waals surface area (Å²) in [6.45, 7) is 4.45. The molecule has 0 unspecified atom stereocenters. The molecule has 0 radical (unpaired) electrons. The van der Waals surface area contributed by atoms with Crippen molar-refractivity contribution in [1.82, 2.24) is 9.36 Å². The predicted octanol–water partition coefficient (Wildman–Crippen LogP) is 2.99. The lowest BCUT2D eigenvalue weighted by Crippen LogP contribution is -2.30. The first-order valence-corrected chi connectivity index (χ1v) is 7.79. The maximum Gasteiger partial charge on any atom is 0.205 e. The summed E-state index contributed by atoms with van der Waals surface area (Å²) in [5, 5.41) is 1.08. The number of nitrogens with zero attached hydrogens (tertiary/aromatic N) is 3. The Morgan fingerprint density at radius 2 is 2.31 bits per heavy atom. The first-order valence-electron chi connectivity index (χ1n) is 5.86. The van der Waals surface area contributed by atoms with Crippen molar-refractivity contribution < 1.29 is 0 Å². The van der Waals surface area contributed by atoms with Crippen LogP contribution in [0.4, 0.5) is 5.13 Å². The molecule has 1 heterocycles. The van der Waals surface area contributed by atoms with Crippen molar-refractivity contribution in [3.05, 3.63) is 5.82 Å². The van der Waals surface area contributed by atoms with E-state index in [1.54, 1.807) is 11.5 Å². The SMILES string of the molecule is CCSC[C@H](C)N(C)c1nc(C2CC2)ns1. The molecule has 0 bridgehead atoms. The van der Waals surface area contributed by atoms with Gasteiger partial charge in [0.1, 0.15) is 5.82 Å².